The molecule has 0 spiro atoms. The molecule has 2 nitrogen and oxygen atoms in total. The summed E-state index contributed by atoms with van der Waals surface area (Å²) in [5.41, 5.74) is 3.56. The van der Waals surface area contributed by atoms with E-state index >= 15 is 0 Å². The molecule has 0 bridgehead atoms. The number of anilines is 2. The topological polar surface area (TPSA) is 25.2 Å². The Hall–Kier alpha value is -2.39. The zero-order valence-corrected chi connectivity index (χ0v) is 12.8. The van der Waals surface area contributed by atoms with Crippen LogP contribution in [0, 0.1) is 0 Å². The van der Waals surface area contributed by atoms with Crippen LogP contribution in [0.1, 0.15) is 11.3 Å². The van der Waals surface area contributed by atoms with Crippen LogP contribution in [-0.2, 0) is 6.42 Å². The summed E-state index contributed by atoms with van der Waals surface area (Å²) in [6.45, 7) is 0. The van der Waals surface area contributed by atoms with Gasteiger partial charge in [-0.05, 0) is 35.9 Å². The fourth-order valence-corrected chi connectivity index (χ4v) is 3.58. The molecule has 0 radical (unpaired) electrons. The van der Waals surface area contributed by atoms with E-state index in [1.54, 1.807) is 6.26 Å². The van der Waals surface area contributed by atoms with E-state index in [4.69, 9.17) is 4.42 Å². The van der Waals surface area contributed by atoms with E-state index in [0.29, 0.717) is 0 Å². The number of furan rings is 1. The number of allylic oxidation sites excluding steroid dienone is 1. The first-order valence-electron chi connectivity index (χ1n) is 7.26. The summed E-state index contributed by atoms with van der Waals surface area (Å²) >= 11 is 1.81. The quantitative estimate of drug-likeness (QED) is 0.522. The van der Waals surface area contributed by atoms with E-state index in [1.807, 2.05) is 23.9 Å². The van der Waals surface area contributed by atoms with Gasteiger partial charge in [0, 0.05) is 16.2 Å². The fraction of sp³-hybridized carbons (Fsp3) is 0.0526. The van der Waals surface area contributed by atoms with Gasteiger partial charge in [-0.25, -0.2) is 0 Å². The van der Waals surface area contributed by atoms with Crippen LogP contribution >= 0.6 is 11.8 Å². The summed E-state index contributed by atoms with van der Waals surface area (Å²) < 4.78 is 5.36. The Bertz CT molecular complexity index is 821. The Morgan fingerprint density at radius 2 is 1.86 bits per heavy atom. The van der Waals surface area contributed by atoms with Crippen LogP contribution in [-0.4, -0.2) is 0 Å². The molecule has 2 heterocycles. The van der Waals surface area contributed by atoms with Crippen LogP contribution in [0.25, 0.3) is 6.08 Å². The second-order valence-corrected chi connectivity index (χ2v) is 6.21. The molecule has 2 aromatic carbocycles. The first-order chi connectivity index (χ1) is 10.9. The molecule has 3 aromatic rings. The van der Waals surface area contributed by atoms with Gasteiger partial charge in [0.25, 0.3) is 0 Å². The second kappa shape index (κ2) is 5.78. The average molecular weight is 305 g/mol. The van der Waals surface area contributed by atoms with Gasteiger partial charge < -0.3 is 9.73 Å². The summed E-state index contributed by atoms with van der Waals surface area (Å²) in [5.74, 6) is 0.980. The zero-order valence-electron chi connectivity index (χ0n) is 12.0. The van der Waals surface area contributed by atoms with E-state index in [1.165, 1.54) is 26.7 Å². The molecule has 0 aliphatic carbocycles. The van der Waals surface area contributed by atoms with Crippen molar-refractivity contribution in [3.05, 3.63) is 78.3 Å². The number of rotatable bonds is 3. The highest BCUT2D eigenvalue weighted by molar-refractivity contribution is 7.99. The molecule has 1 aliphatic heterocycles. The Balaban J connectivity index is 1.62. The van der Waals surface area contributed by atoms with Gasteiger partial charge in [0.2, 0.25) is 0 Å². The number of nitrogens with one attached hydrogen (secondary N) is 1. The van der Waals surface area contributed by atoms with Gasteiger partial charge >= 0.3 is 0 Å². The van der Waals surface area contributed by atoms with Crippen LogP contribution in [0.4, 0.5) is 11.4 Å². The van der Waals surface area contributed by atoms with Gasteiger partial charge in [-0.3, -0.25) is 0 Å². The normalized spacial score (nSPS) is 12.7. The van der Waals surface area contributed by atoms with Crippen molar-refractivity contribution in [2.75, 3.05) is 5.32 Å². The van der Waals surface area contributed by atoms with Crippen molar-refractivity contribution >= 4 is 29.2 Å². The first kappa shape index (κ1) is 13.3. The molecule has 0 saturated carbocycles. The van der Waals surface area contributed by atoms with Crippen molar-refractivity contribution in [1.82, 2.24) is 0 Å². The highest BCUT2D eigenvalue weighted by Crippen LogP contribution is 2.45. The van der Waals surface area contributed by atoms with Crippen LogP contribution in [0.3, 0.4) is 0 Å². The Labute approximate surface area is 133 Å². The molecule has 0 fully saturated rings. The molecule has 1 N–H and O–H groups in total. The van der Waals surface area contributed by atoms with E-state index in [0.717, 1.165) is 12.2 Å². The monoisotopic (exact) mass is 305 g/mol. The Kier molecular flexibility index (Phi) is 3.49. The molecule has 0 saturated heterocycles. The molecule has 0 amide bonds. The summed E-state index contributed by atoms with van der Waals surface area (Å²) in [6, 6.07) is 18.7. The third-order valence-corrected chi connectivity index (χ3v) is 4.76. The summed E-state index contributed by atoms with van der Waals surface area (Å²) in [6.07, 6.45) is 6.81. The van der Waals surface area contributed by atoms with Gasteiger partial charge in [0.15, 0.2) is 0 Å². The highest BCUT2D eigenvalue weighted by atomic mass is 32.2. The molecule has 3 heteroatoms. The fourth-order valence-electron chi connectivity index (χ4n) is 2.55. The standard InChI is InChI=1S/C19H15NOS/c1-2-11-17-16(10-1)20-19-14(7-4-12-18(19)22-17)6-3-8-15-9-5-13-21-15/h1-7,9-13,20H,8H2. The van der Waals surface area contributed by atoms with Crippen LogP contribution in [0.2, 0.25) is 0 Å². The maximum absolute atomic E-state index is 5.36. The minimum absolute atomic E-state index is 0.806. The number of hydrogen-bond donors (Lipinski definition) is 1. The minimum Gasteiger partial charge on any atom is -0.469 e. The lowest BCUT2D eigenvalue weighted by Gasteiger charge is -2.22. The number of benzene rings is 2. The maximum atomic E-state index is 5.36. The lowest BCUT2D eigenvalue weighted by molar-refractivity contribution is 0.523. The van der Waals surface area contributed by atoms with Crippen molar-refractivity contribution in [3.63, 3.8) is 0 Å². The van der Waals surface area contributed by atoms with Gasteiger partial charge in [-0.1, -0.05) is 48.2 Å². The molecule has 1 aromatic heterocycles. The van der Waals surface area contributed by atoms with Crippen molar-refractivity contribution in [2.45, 2.75) is 16.2 Å². The van der Waals surface area contributed by atoms with E-state index in [9.17, 15) is 0 Å². The summed E-state index contributed by atoms with van der Waals surface area (Å²) in [7, 11) is 0. The number of hydrogen-bond acceptors (Lipinski definition) is 3. The highest BCUT2D eigenvalue weighted by Gasteiger charge is 2.16. The van der Waals surface area contributed by atoms with E-state index < -0.39 is 0 Å². The second-order valence-electron chi connectivity index (χ2n) is 5.13. The lowest BCUT2D eigenvalue weighted by Crippen LogP contribution is -2.01. The Morgan fingerprint density at radius 1 is 0.955 bits per heavy atom. The first-order valence-corrected chi connectivity index (χ1v) is 8.08. The minimum atomic E-state index is 0.806. The van der Waals surface area contributed by atoms with Crippen molar-refractivity contribution < 1.29 is 4.42 Å². The third kappa shape index (κ3) is 2.55. The van der Waals surface area contributed by atoms with Crippen LogP contribution in [0.5, 0.6) is 0 Å². The summed E-state index contributed by atoms with van der Waals surface area (Å²) in [5, 5.41) is 3.56. The van der Waals surface area contributed by atoms with Gasteiger partial charge in [-0.15, -0.1) is 0 Å². The molecule has 0 unspecified atom stereocenters. The SMILES string of the molecule is C(=Cc1cccc2c1Nc1ccccc1S2)Cc1ccco1. The lowest BCUT2D eigenvalue weighted by atomic mass is 10.1. The van der Waals surface area contributed by atoms with Gasteiger partial charge in [-0.2, -0.15) is 0 Å². The molecule has 4 rings (SSSR count). The summed E-state index contributed by atoms with van der Waals surface area (Å²) in [4.78, 5) is 2.53. The van der Waals surface area contributed by atoms with E-state index in [2.05, 4.69) is 59.9 Å². The predicted octanol–water partition coefficient (Wildman–Crippen LogP) is 5.74. The van der Waals surface area contributed by atoms with E-state index in [-0.39, 0.29) is 0 Å². The van der Waals surface area contributed by atoms with Crippen molar-refractivity contribution in [1.29, 1.82) is 0 Å². The molecule has 22 heavy (non-hydrogen) atoms. The smallest absolute Gasteiger partial charge is 0.107 e. The molecular formula is C19H15NOS. The zero-order chi connectivity index (χ0) is 14.8. The van der Waals surface area contributed by atoms with Crippen molar-refractivity contribution in [2.24, 2.45) is 0 Å². The number of para-hydroxylation sites is 2. The van der Waals surface area contributed by atoms with Crippen LogP contribution < -0.4 is 5.32 Å². The van der Waals surface area contributed by atoms with Gasteiger partial charge in [0.1, 0.15) is 5.76 Å². The molecular weight excluding hydrogens is 290 g/mol. The Morgan fingerprint density at radius 3 is 2.77 bits per heavy atom. The van der Waals surface area contributed by atoms with Crippen LogP contribution in [0.15, 0.2) is 81.1 Å². The molecule has 108 valence electrons. The maximum Gasteiger partial charge on any atom is 0.107 e. The molecule has 0 atom stereocenters. The molecule has 1 aliphatic rings. The number of fused-ring (bicyclic) bond motifs is 2. The van der Waals surface area contributed by atoms with Gasteiger partial charge in [0.05, 0.1) is 17.6 Å². The largest absolute Gasteiger partial charge is 0.469 e. The third-order valence-electron chi connectivity index (χ3n) is 3.62. The van der Waals surface area contributed by atoms with Crippen molar-refractivity contribution in [3.8, 4) is 0 Å². The predicted molar refractivity (Wildman–Crippen MR) is 91.7 cm³/mol. The average Bonchev–Trinajstić information content (AvgIpc) is 3.07.